The van der Waals surface area contributed by atoms with Crippen LogP contribution < -0.4 is 9.80 Å². The Hall–Kier alpha value is -2.45. The minimum absolute atomic E-state index is 0.142. The highest BCUT2D eigenvalue weighted by molar-refractivity contribution is 7.25. The molecule has 0 radical (unpaired) electrons. The molecule has 2 aromatic heterocycles. The van der Waals surface area contributed by atoms with E-state index < -0.39 is 0 Å². The topological polar surface area (TPSA) is 62.5 Å². The first kappa shape index (κ1) is 17.4. The number of hydrogen-bond acceptors (Lipinski definition) is 7. The monoisotopic (exact) mass is 374 g/mol. The highest BCUT2D eigenvalue weighted by atomic mass is 32.1. The van der Waals surface area contributed by atoms with Gasteiger partial charge in [0.15, 0.2) is 5.13 Å². The van der Waals surface area contributed by atoms with E-state index in [-0.39, 0.29) is 9.92 Å². The highest BCUT2D eigenvalue weighted by Crippen LogP contribution is 2.44. The van der Waals surface area contributed by atoms with E-state index in [1.165, 1.54) is 11.3 Å². The van der Waals surface area contributed by atoms with Crippen LogP contribution in [0.2, 0.25) is 0 Å². The maximum atomic E-state index is 11.0. The molecule has 6 nitrogen and oxygen atoms in total. The lowest BCUT2D eigenvalue weighted by atomic mass is 10.1. The van der Waals surface area contributed by atoms with E-state index in [0.717, 1.165) is 31.8 Å². The van der Waals surface area contributed by atoms with Crippen molar-refractivity contribution in [3.05, 3.63) is 46.5 Å². The van der Waals surface area contributed by atoms with Crippen molar-refractivity contribution < 1.29 is 4.92 Å². The molecule has 3 rings (SSSR count). The lowest BCUT2D eigenvalue weighted by Crippen LogP contribution is -2.08. The minimum atomic E-state index is -0.354. The van der Waals surface area contributed by atoms with E-state index >= 15 is 0 Å². The van der Waals surface area contributed by atoms with Crippen molar-refractivity contribution in [2.24, 2.45) is 0 Å². The zero-order valence-corrected chi connectivity index (χ0v) is 16.0. The standard InChI is InChI=1S/C17H18N4O2S2/c1-19(2)12-7-5-11(6-8-12)15-16(25-17(18-15)20(3)4)13-9-10-14(24-13)21(22)23/h5-10H,1-4H3. The van der Waals surface area contributed by atoms with Crippen molar-refractivity contribution >= 4 is 38.5 Å². The van der Waals surface area contributed by atoms with Crippen LogP contribution in [0.15, 0.2) is 36.4 Å². The SMILES string of the molecule is CN(C)c1ccc(-c2nc(N(C)C)sc2-c2ccc([N+](=O)[O-])s2)cc1. The number of thiophene rings is 1. The molecule has 0 N–H and O–H groups in total. The normalized spacial score (nSPS) is 10.7. The van der Waals surface area contributed by atoms with Crippen LogP contribution in [0.4, 0.5) is 15.8 Å². The summed E-state index contributed by atoms with van der Waals surface area (Å²) in [5.41, 5.74) is 2.97. The van der Waals surface area contributed by atoms with Gasteiger partial charge in [0, 0.05) is 45.5 Å². The summed E-state index contributed by atoms with van der Waals surface area (Å²) in [4.78, 5) is 21.2. The molecule has 0 fully saturated rings. The van der Waals surface area contributed by atoms with Crippen LogP contribution in [-0.4, -0.2) is 38.1 Å². The van der Waals surface area contributed by atoms with Crippen molar-refractivity contribution in [3.8, 4) is 21.0 Å². The first-order chi connectivity index (χ1) is 11.9. The summed E-state index contributed by atoms with van der Waals surface area (Å²) in [7, 11) is 7.88. The van der Waals surface area contributed by atoms with Gasteiger partial charge in [-0.3, -0.25) is 10.1 Å². The van der Waals surface area contributed by atoms with E-state index in [1.54, 1.807) is 23.5 Å². The minimum Gasteiger partial charge on any atom is -0.378 e. The van der Waals surface area contributed by atoms with Gasteiger partial charge in [0.1, 0.15) is 0 Å². The van der Waals surface area contributed by atoms with Crippen LogP contribution >= 0.6 is 22.7 Å². The fourth-order valence-electron chi connectivity index (χ4n) is 2.33. The van der Waals surface area contributed by atoms with Crippen LogP contribution in [0.1, 0.15) is 0 Å². The average Bonchev–Trinajstić information content (AvgIpc) is 3.22. The molecule has 0 spiro atoms. The quantitative estimate of drug-likeness (QED) is 0.483. The zero-order valence-electron chi connectivity index (χ0n) is 14.4. The van der Waals surface area contributed by atoms with Crippen molar-refractivity contribution in [1.29, 1.82) is 0 Å². The second-order valence-corrected chi connectivity index (χ2v) is 7.94. The third-order valence-electron chi connectivity index (χ3n) is 3.65. The molecule has 2 heterocycles. The summed E-state index contributed by atoms with van der Waals surface area (Å²) in [6, 6.07) is 11.5. The molecule has 0 saturated heterocycles. The average molecular weight is 374 g/mol. The van der Waals surface area contributed by atoms with E-state index in [0.29, 0.717) is 0 Å². The summed E-state index contributed by atoms with van der Waals surface area (Å²) in [5.74, 6) is 0. The smallest absolute Gasteiger partial charge is 0.324 e. The first-order valence-electron chi connectivity index (χ1n) is 7.57. The van der Waals surface area contributed by atoms with E-state index in [9.17, 15) is 10.1 Å². The number of aromatic nitrogens is 1. The summed E-state index contributed by atoms with van der Waals surface area (Å²) in [6.07, 6.45) is 0. The largest absolute Gasteiger partial charge is 0.378 e. The van der Waals surface area contributed by atoms with Crippen LogP contribution in [0, 0.1) is 10.1 Å². The second kappa shape index (κ2) is 6.81. The van der Waals surface area contributed by atoms with Gasteiger partial charge in [-0.25, -0.2) is 4.98 Å². The molecule has 0 bridgehead atoms. The van der Waals surface area contributed by atoms with Gasteiger partial charge in [0.05, 0.1) is 20.4 Å². The molecule has 0 aliphatic heterocycles. The third kappa shape index (κ3) is 3.49. The number of anilines is 2. The lowest BCUT2D eigenvalue weighted by Gasteiger charge is -2.12. The van der Waals surface area contributed by atoms with Crippen molar-refractivity contribution in [1.82, 2.24) is 4.98 Å². The molecule has 0 aliphatic rings. The summed E-state index contributed by atoms with van der Waals surface area (Å²) >= 11 is 2.72. The van der Waals surface area contributed by atoms with Gasteiger partial charge in [-0.15, -0.1) is 0 Å². The van der Waals surface area contributed by atoms with Crippen LogP contribution in [0.5, 0.6) is 0 Å². The molecule has 0 unspecified atom stereocenters. The third-order valence-corrected chi connectivity index (χ3v) is 6.09. The van der Waals surface area contributed by atoms with Gasteiger partial charge in [0.25, 0.3) is 0 Å². The maximum absolute atomic E-state index is 11.0. The van der Waals surface area contributed by atoms with Crippen molar-refractivity contribution in [2.45, 2.75) is 0 Å². The van der Waals surface area contributed by atoms with Gasteiger partial charge in [-0.1, -0.05) is 34.8 Å². The Bertz CT molecular complexity index is 898. The molecule has 3 aromatic rings. The maximum Gasteiger partial charge on any atom is 0.324 e. The lowest BCUT2D eigenvalue weighted by molar-refractivity contribution is -0.380. The summed E-state index contributed by atoms with van der Waals surface area (Å²) < 4.78 is 0. The first-order valence-corrected chi connectivity index (χ1v) is 9.20. The Morgan fingerprint density at radius 1 is 0.960 bits per heavy atom. The van der Waals surface area contributed by atoms with Crippen LogP contribution in [0.25, 0.3) is 21.0 Å². The predicted molar refractivity (Wildman–Crippen MR) is 106 cm³/mol. The molecule has 0 atom stereocenters. The molecule has 0 amide bonds. The van der Waals surface area contributed by atoms with Gasteiger partial charge in [-0.2, -0.15) is 0 Å². The zero-order chi connectivity index (χ0) is 18.1. The second-order valence-electron chi connectivity index (χ2n) is 5.90. The Balaban J connectivity index is 2.09. The molecule has 25 heavy (non-hydrogen) atoms. The number of nitro groups is 1. The predicted octanol–water partition coefficient (Wildman–Crippen LogP) is 4.58. The van der Waals surface area contributed by atoms with Gasteiger partial charge < -0.3 is 9.80 Å². The van der Waals surface area contributed by atoms with E-state index in [4.69, 9.17) is 4.98 Å². The van der Waals surface area contributed by atoms with Gasteiger partial charge in [0.2, 0.25) is 0 Å². The van der Waals surface area contributed by atoms with E-state index in [1.807, 2.05) is 62.3 Å². The number of benzene rings is 1. The van der Waals surface area contributed by atoms with E-state index in [2.05, 4.69) is 0 Å². The Kier molecular flexibility index (Phi) is 4.73. The Morgan fingerprint density at radius 2 is 1.64 bits per heavy atom. The number of rotatable bonds is 5. The molecule has 0 aliphatic carbocycles. The fraction of sp³-hybridized carbons (Fsp3) is 0.235. The molecule has 1 aromatic carbocycles. The van der Waals surface area contributed by atoms with Crippen molar-refractivity contribution in [2.75, 3.05) is 38.0 Å². The number of hydrogen-bond donors (Lipinski definition) is 0. The Labute approximate surface area is 154 Å². The molecule has 0 saturated carbocycles. The van der Waals surface area contributed by atoms with Gasteiger partial charge >= 0.3 is 5.00 Å². The fourth-order valence-corrected chi connectivity index (χ4v) is 4.27. The number of nitrogens with zero attached hydrogens (tertiary/aromatic N) is 4. The van der Waals surface area contributed by atoms with Gasteiger partial charge in [-0.05, 0) is 18.2 Å². The number of thiazole rings is 1. The molecule has 130 valence electrons. The van der Waals surface area contributed by atoms with Crippen LogP contribution in [0.3, 0.4) is 0 Å². The molecule has 8 heteroatoms. The highest BCUT2D eigenvalue weighted by Gasteiger charge is 2.20. The molecular formula is C17H18N4O2S2. The Morgan fingerprint density at radius 3 is 2.16 bits per heavy atom. The van der Waals surface area contributed by atoms with Crippen molar-refractivity contribution in [3.63, 3.8) is 0 Å². The molecular weight excluding hydrogens is 356 g/mol. The summed E-state index contributed by atoms with van der Waals surface area (Å²) in [6.45, 7) is 0. The summed E-state index contributed by atoms with van der Waals surface area (Å²) in [5, 5.41) is 12.0. The van der Waals surface area contributed by atoms with Crippen LogP contribution in [-0.2, 0) is 0 Å².